The number of nitrogen functional groups attached to an aromatic ring is 1. The maximum Gasteiger partial charge on any atom is 0.387 e. The topological polar surface area (TPSA) is 97.4 Å². The van der Waals surface area contributed by atoms with Gasteiger partial charge in [-0.1, -0.05) is 0 Å². The van der Waals surface area contributed by atoms with E-state index in [-0.39, 0.29) is 29.0 Å². The Morgan fingerprint density at radius 3 is 2.61 bits per heavy atom. The summed E-state index contributed by atoms with van der Waals surface area (Å²) in [5.41, 5.74) is 8.72. The molecular formula is C24H27F3N8O. The number of alkyl halides is 2. The molecule has 0 unspecified atom stereocenters. The van der Waals surface area contributed by atoms with Crippen LogP contribution in [0.15, 0.2) is 42.9 Å². The zero-order valence-electron chi connectivity index (χ0n) is 20.3. The lowest BCUT2D eigenvalue weighted by atomic mass is 10.1. The molecule has 3 N–H and O–H groups in total. The van der Waals surface area contributed by atoms with Crippen molar-refractivity contribution in [1.29, 1.82) is 0 Å². The van der Waals surface area contributed by atoms with Gasteiger partial charge < -0.3 is 30.2 Å². The number of rotatable bonds is 9. The SMILES string of the molecule is CN(C)CCN(C)c1cc(OC(F)F)c(Nc2ncnc(-c3cn(C)c4ccc(F)cc34)n2)cc1N. The second-order valence-corrected chi connectivity index (χ2v) is 8.58. The van der Waals surface area contributed by atoms with Gasteiger partial charge in [0.05, 0.1) is 17.1 Å². The highest BCUT2D eigenvalue weighted by Crippen LogP contribution is 2.37. The second-order valence-electron chi connectivity index (χ2n) is 8.58. The van der Waals surface area contributed by atoms with E-state index in [4.69, 9.17) is 10.5 Å². The van der Waals surface area contributed by atoms with Crippen molar-refractivity contribution in [2.45, 2.75) is 6.61 Å². The molecular weight excluding hydrogens is 473 g/mol. The standard InChI is InChI=1S/C24H27F3N8O/c1-33(2)7-8-34(3)20-11-21(36-23(26)27)18(10-17(20)28)31-24-30-13-29-22(32-24)16-12-35(4)19-6-5-14(25)9-15(16)19/h5-6,9-13,23H,7-8,28H2,1-4H3,(H,29,30,31,32). The number of hydrogen-bond acceptors (Lipinski definition) is 8. The second kappa shape index (κ2) is 10.3. The molecule has 0 saturated carbocycles. The largest absolute Gasteiger partial charge is 0.433 e. The first-order valence-electron chi connectivity index (χ1n) is 11.1. The van der Waals surface area contributed by atoms with E-state index >= 15 is 0 Å². The smallest absolute Gasteiger partial charge is 0.387 e. The predicted molar refractivity (Wildman–Crippen MR) is 134 cm³/mol. The molecule has 0 bridgehead atoms. The number of aromatic nitrogens is 4. The quantitative estimate of drug-likeness (QED) is 0.332. The lowest BCUT2D eigenvalue weighted by molar-refractivity contribution is -0.0493. The average molecular weight is 501 g/mol. The Morgan fingerprint density at radius 2 is 1.89 bits per heavy atom. The summed E-state index contributed by atoms with van der Waals surface area (Å²) in [7, 11) is 7.53. The highest BCUT2D eigenvalue weighted by molar-refractivity contribution is 5.94. The van der Waals surface area contributed by atoms with Crippen molar-refractivity contribution < 1.29 is 17.9 Å². The lowest BCUT2D eigenvalue weighted by Gasteiger charge is -2.24. The summed E-state index contributed by atoms with van der Waals surface area (Å²) in [5, 5.41) is 3.53. The van der Waals surface area contributed by atoms with Crippen LogP contribution in [-0.4, -0.2) is 65.3 Å². The first-order valence-corrected chi connectivity index (χ1v) is 11.1. The molecule has 2 aromatic carbocycles. The number of fused-ring (bicyclic) bond motifs is 1. The summed E-state index contributed by atoms with van der Waals surface area (Å²) in [6.45, 7) is -1.68. The Kier molecular flexibility index (Phi) is 7.15. The molecule has 0 amide bonds. The van der Waals surface area contributed by atoms with Gasteiger partial charge in [0, 0.05) is 55.9 Å². The first-order chi connectivity index (χ1) is 17.1. The van der Waals surface area contributed by atoms with E-state index in [9.17, 15) is 13.2 Å². The molecule has 2 aromatic heterocycles. The highest BCUT2D eigenvalue weighted by atomic mass is 19.3. The number of halogens is 3. The summed E-state index contributed by atoms with van der Waals surface area (Å²) in [6, 6.07) is 7.40. The molecule has 4 rings (SSSR count). The van der Waals surface area contributed by atoms with Gasteiger partial charge in [-0.2, -0.15) is 13.8 Å². The number of nitrogens with zero attached hydrogens (tertiary/aromatic N) is 6. The minimum Gasteiger partial charge on any atom is -0.433 e. The highest BCUT2D eigenvalue weighted by Gasteiger charge is 2.18. The number of nitrogens with one attached hydrogen (secondary N) is 1. The average Bonchev–Trinajstić information content (AvgIpc) is 3.14. The summed E-state index contributed by atoms with van der Waals surface area (Å²) in [6.07, 6.45) is 3.06. The summed E-state index contributed by atoms with van der Waals surface area (Å²) in [5.74, 6) is -0.129. The summed E-state index contributed by atoms with van der Waals surface area (Å²) < 4.78 is 47.0. The third-order valence-electron chi connectivity index (χ3n) is 5.65. The molecule has 0 atom stereocenters. The van der Waals surface area contributed by atoms with Crippen LogP contribution in [0.3, 0.4) is 0 Å². The zero-order valence-corrected chi connectivity index (χ0v) is 20.3. The third-order valence-corrected chi connectivity index (χ3v) is 5.65. The van der Waals surface area contributed by atoms with Crippen molar-refractivity contribution in [2.75, 3.05) is 50.2 Å². The van der Waals surface area contributed by atoms with Gasteiger partial charge in [-0.15, -0.1) is 0 Å². The van der Waals surface area contributed by atoms with Crippen molar-refractivity contribution in [1.82, 2.24) is 24.4 Å². The molecule has 4 aromatic rings. The molecule has 0 saturated heterocycles. The molecule has 0 fully saturated rings. The van der Waals surface area contributed by atoms with Gasteiger partial charge >= 0.3 is 6.61 Å². The Hall–Kier alpha value is -4.06. The number of benzene rings is 2. The van der Waals surface area contributed by atoms with E-state index in [2.05, 4.69) is 20.3 Å². The minimum absolute atomic E-state index is 0.0839. The van der Waals surface area contributed by atoms with Gasteiger partial charge in [0.1, 0.15) is 12.1 Å². The molecule has 12 heteroatoms. The van der Waals surface area contributed by atoms with E-state index in [0.717, 1.165) is 12.1 Å². The first kappa shape index (κ1) is 25.0. The Balaban J connectivity index is 1.68. The third kappa shape index (κ3) is 5.43. The van der Waals surface area contributed by atoms with Crippen molar-refractivity contribution >= 4 is 33.9 Å². The summed E-state index contributed by atoms with van der Waals surface area (Å²) >= 11 is 0. The van der Waals surface area contributed by atoms with Crippen LogP contribution in [0.4, 0.5) is 36.2 Å². The molecule has 9 nitrogen and oxygen atoms in total. The Bertz CT molecular complexity index is 1380. The van der Waals surface area contributed by atoms with Crippen LogP contribution in [0.25, 0.3) is 22.3 Å². The molecule has 2 heterocycles. The van der Waals surface area contributed by atoms with Crippen LogP contribution < -0.4 is 20.7 Å². The Morgan fingerprint density at radius 1 is 1.11 bits per heavy atom. The fraction of sp³-hybridized carbons (Fsp3) is 0.292. The fourth-order valence-electron chi connectivity index (χ4n) is 3.83. The number of anilines is 4. The maximum atomic E-state index is 13.9. The van der Waals surface area contributed by atoms with Gasteiger partial charge in [-0.05, 0) is 38.4 Å². The van der Waals surface area contributed by atoms with Gasteiger partial charge in [0.2, 0.25) is 5.95 Å². The maximum absolute atomic E-state index is 13.9. The molecule has 0 aliphatic heterocycles. The van der Waals surface area contributed by atoms with E-state index < -0.39 is 6.61 Å². The molecule has 0 aliphatic carbocycles. The van der Waals surface area contributed by atoms with Crippen molar-refractivity contribution in [3.63, 3.8) is 0 Å². The van der Waals surface area contributed by atoms with Crippen LogP contribution in [0, 0.1) is 5.82 Å². The van der Waals surface area contributed by atoms with Crippen LogP contribution in [0.2, 0.25) is 0 Å². The van der Waals surface area contributed by atoms with E-state index in [0.29, 0.717) is 28.9 Å². The monoisotopic (exact) mass is 500 g/mol. The fourth-order valence-corrected chi connectivity index (χ4v) is 3.83. The van der Waals surface area contributed by atoms with E-state index in [1.165, 1.54) is 30.6 Å². The van der Waals surface area contributed by atoms with E-state index in [1.807, 2.05) is 42.6 Å². The number of nitrogens with two attached hydrogens (primary N) is 1. The van der Waals surface area contributed by atoms with Crippen molar-refractivity contribution in [3.8, 4) is 17.1 Å². The molecule has 0 spiro atoms. The molecule has 190 valence electrons. The van der Waals surface area contributed by atoms with Crippen LogP contribution in [-0.2, 0) is 7.05 Å². The summed E-state index contributed by atoms with van der Waals surface area (Å²) in [4.78, 5) is 16.6. The number of hydrogen-bond donors (Lipinski definition) is 2. The van der Waals surface area contributed by atoms with E-state index in [1.54, 1.807) is 12.3 Å². The predicted octanol–water partition coefficient (Wildman–Crippen LogP) is 4.09. The Labute approximate surface area is 206 Å². The van der Waals surface area contributed by atoms with Crippen molar-refractivity contribution in [2.24, 2.45) is 7.05 Å². The molecule has 0 radical (unpaired) electrons. The van der Waals surface area contributed by atoms with Gasteiger partial charge in [0.15, 0.2) is 11.6 Å². The van der Waals surface area contributed by atoms with Crippen LogP contribution in [0.1, 0.15) is 0 Å². The van der Waals surface area contributed by atoms with Gasteiger partial charge in [-0.3, -0.25) is 0 Å². The van der Waals surface area contributed by atoms with Crippen LogP contribution >= 0.6 is 0 Å². The minimum atomic E-state index is -3.05. The zero-order chi connectivity index (χ0) is 26.0. The van der Waals surface area contributed by atoms with Gasteiger partial charge in [0.25, 0.3) is 0 Å². The number of likely N-dealkylation sites (N-methyl/N-ethyl adjacent to an activating group) is 2. The number of aryl methyl sites for hydroxylation is 1. The normalized spacial score (nSPS) is 11.5. The molecule has 0 aliphatic rings. The number of ether oxygens (including phenoxy) is 1. The van der Waals surface area contributed by atoms with Gasteiger partial charge in [-0.25, -0.2) is 14.4 Å². The van der Waals surface area contributed by atoms with Crippen LogP contribution in [0.5, 0.6) is 5.75 Å². The van der Waals surface area contributed by atoms with Crippen molar-refractivity contribution in [3.05, 3.63) is 48.7 Å². The molecule has 36 heavy (non-hydrogen) atoms. The lowest BCUT2D eigenvalue weighted by Crippen LogP contribution is -2.29.